The molecule has 1 unspecified atom stereocenters. The van der Waals surface area contributed by atoms with Gasteiger partial charge in [0.05, 0.1) is 23.1 Å². The average Bonchev–Trinajstić information content (AvgIpc) is 3.47. The van der Waals surface area contributed by atoms with Crippen molar-refractivity contribution in [3.05, 3.63) is 70.1 Å². The van der Waals surface area contributed by atoms with Crippen molar-refractivity contribution in [2.24, 2.45) is 0 Å². The van der Waals surface area contributed by atoms with E-state index >= 15 is 0 Å². The highest BCUT2D eigenvalue weighted by molar-refractivity contribution is 7.12. The van der Waals surface area contributed by atoms with E-state index in [0.29, 0.717) is 48.2 Å². The van der Waals surface area contributed by atoms with Gasteiger partial charge in [-0.2, -0.15) is 0 Å². The van der Waals surface area contributed by atoms with Crippen molar-refractivity contribution < 1.29 is 24.2 Å². The van der Waals surface area contributed by atoms with Crippen LogP contribution in [-0.4, -0.2) is 66.0 Å². The molecule has 0 saturated carbocycles. The third kappa shape index (κ3) is 5.34. The first-order valence-corrected chi connectivity index (χ1v) is 12.4. The van der Waals surface area contributed by atoms with Crippen molar-refractivity contribution in [3.8, 4) is 11.5 Å². The number of aliphatic hydroxyl groups is 1. The van der Waals surface area contributed by atoms with Crippen LogP contribution in [0.5, 0.6) is 11.5 Å². The van der Waals surface area contributed by atoms with E-state index in [4.69, 9.17) is 9.47 Å². The number of nitrogens with zero attached hydrogens (tertiary/aromatic N) is 2. The van der Waals surface area contributed by atoms with Crippen LogP contribution in [0.15, 0.2) is 59.7 Å². The molecule has 1 N–H and O–H groups in total. The van der Waals surface area contributed by atoms with Crippen LogP contribution in [0.25, 0.3) is 0 Å². The number of aliphatic hydroxyl groups excluding tert-OH is 1. The molecule has 182 valence electrons. The molecule has 1 aromatic carbocycles. The van der Waals surface area contributed by atoms with Crippen LogP contribution in [0.3, 0.4) is 0 Å². The molecular weight excluding hydrogens is 452 g/mol. The molecular formula is C26H32N2O5S. The fraction of sp³-hybridized carbons (Fsp3) is 0.385. The van der Waals surface area contributed by atoms with Gasteiger partial charge in [-0.15, -0.1) is 11.3 Å². The summed E-state index contributed by atoms with van der Waals surface area (Å²) in [6.07, 6.45) is 1.65. The molecule has 2 aromatic rings. The molecule has 7 nitrogen and oxygen atoms in total. The number of carbonyl (C=O) groups excluding carboxylic acids is 2. The number of ketones is 1. The summed E-state index contributed by atoms with van der Waals surface area (Å²) in [5.74, 6) is -0.327. The molecule has 3 rings (SSSR count). The average molecular weight is 485 g/mol. The number of thiophene rings is 1. The Kier molecular flexibility index (Phi) is 8.90. The molecule has 1 aliphatic rings. The summed E-state index contributed by atoms with van der Waals surface area (Å²) in [5, 5.41) is 12.6. The van der Waals surface area contributed by atoms with Crippen molar-refractivity contribution in [2.75, 3.05) is 39.4 Å². The molecule has 0 bridgehead atoms. The van der Waals surface area contributed by atoms with Crippen LogP contribution in [0.1, 0.15) is 42.0 Å². The van der Waals surface area contributed by atoms with Gasteiger partial charge >= 0.3 is 0 Å². The van der Waals surface area contributed by atoms with Gasteiger partial charge in [0.2, 0.25) is 5.78 Å². The Labute approximate surface area is 204 Å². The molecule has 1 amide bonds. The molecule has 0 spiro atoms. The smallest absolute Gasteiger partial charge is 0.290 e. The van der Waals surface area contributed by atoms with Gasteiger partial charge in [-0.05, 0) is 49.2 Å². The summed E-state index contributed by atoms with van der Waals surface area (Å²) in [6, 6.07) is 8.10. The Morgan fingerprint density at radius 2 is 1.97 bits per heavy atom. The molecule has 0 aliphatic carbocycles. The minimum atomic E-state index is -0.731. The summed E-state index contributed by atoms with van der Waals surface area (Å²) < 4.78 is 11.5. The van der Waals surface area contributed by atoms with E-state index in [9.17, 15) is 14.7 Å². The Morgan fingerprint density at radius 3 is 2.59 bits per heavy atom. The van der Waals surface area contributed by atoms with Gasteiger partial charge in [-0.25, -0.2) is 0 Å². The first-order valence-electron chi connectivity index (χ1n) is 11.5. The van der Waals surface area contributed by atoms with Gasteiger partial charge in [-0.1, -0.05) is 38.6 Å². The van der Waals surface area contributed by atoms with Gasteiger partial charge in [-0.3, -0.25) is 9.59 Å². The number of Topliss-reactive ketones (excluding diaryl/α,β-unsaturated/α-hetero) is 1. The van der Waals surface area contributed by atoms with Crippen LogP contribution in [0.4, 0.5) is 0 Å². The first kappa shape index (κ1) is 25.5. The number of likely N-dealkylation sites (N-methyl/N-ethyl adjacent to an activating group) is 1. The highest BCUT2D eigenvalue weighted by Crippen LogP contribution is 2.42. The number of rotatable bonds is 13. The van der Waals surface area contributed by atoms with Gasteiger partial charge in [0.1, 0.15) is 6.61 Å². The molecule has 0 fully saturated rings. The lowest BCUT2D eigenvalue weighted by Crippen LogP contribution is -2.38. The number of carbonyl (C=O) groups is 2. The minimum Gasteiger partial charge on any atom is -0.503 e. The fourth-order valence-electron chi connectivity index (χ4n) is 4.02. The number of hydrogen-bond acceptors (Lipinski definition) is 7. The van der Waals surface area contributed by atoms with Crippen LogP contribution < -0.4 is 9.47 Å². The Hall–Kier alpha value is -3.10. The lowest BCUT2D eigenvalue weighted by atomic mass is 9.95. The zero-order valence-electron chi connectivity index (χ0n) is 20.0. The maximum atomic E-state index is 13.4. The molecule has 34 heavy (non-hydrogen) atoms. The Morgan fingerprint density at radius 1 is 1.21 bits per heavy atom. The molecule has 1 atom stereocenters. The minimum absolute atomic E-state index is 0.0919. The van der Waals surface area contributed by atoms with Crippen molar-refractivity contribution in [1.82, 2.24) is 9.80 Å². The first-order chi connectivity index (χ1) is 16.5. The predicted molar refractivity (Wildman–Crippen MR) is 134 cm³/mol. The Balaban J connectivity index is 2.06. The van der Waals surface area contributed by atoms with Crippen molar-refractivity contribution in [3.63, 3.8) is 0 Å². The largest absolute Gasteiger partial charge is 0.503 e. The van der Waals surface area contributed by atoms with E-state index in [-0.39, 0.29) is 11.4 Å². The fourth-order valence-corrected chi connectivity index (χ4v) is 4.70. The third-order valence-electron chi connectivity index (χ3n) is 5.78. The second-order valence-electron chi connectivity index (χ2n) is 7.74. The summed E-state index contributed by atoms with van der Waals surface area (Å²) in [4.78, 5) is 30.8. The van der Waals surface area contributed by atoms with E-state index in [2.05, 4.69) is 25.3 Å². The van der Waals surface area contributed by atoms with Gasteiger partial charge in [0, 0.05) is 13.1 Å². The van der Waals surface area contributed by atoms with E-state index < -0.39 is 17.7 Å². The zero-order valence-corrected chi connectivity index (χ0v) is 20.8. The number of benzene rings is 1. The maximum Gasteiger partial charge on any atom is 0.290 e. The second-order valence-corrected chi connectivity index (χ2v) is 8.68. The van der Waals surface area contributed by atoms with E-state index in [1.807, 2.05) is 13.0 Å². The second kappa shape index (κ2) is 11.9. The van der Waals surface area contributed by atoms with Crippen molar-refractivity contribution >= 4 is 23.0 Å². The molecule has 0 saturated heterocycles. The SMILES string of the molecule is C=CCOc1ccc(C2C(C(=O)c3cccs3)=C(O)C(=O)N2CCN(CC)CC)cc1OCC. The topological polar surface area (TPSA) is 79.3 Å². The third-order valence-corrected chi connectivity index (χ3v) is 6.65. The predicted octanol–water partition coefficient (Wildman–Crippen LogP) is 4.63. The highest BCUT2D eigenvalue weighted by atomic mass is 32.1. The molecule has 1 aromatic heterocycles. The zero-order chi connectivity index (χ0) is 24.7. The Bertz CT molecular complexity index is 1040. The van der Waals surface area contributed by atoms with Crippen LogP contribution in [-0.2, 0) is 4.79 Å². The molecule has 2 heterocycles. The molecule has 1 aliphatic heterocycles. The van der Waals surface area contributed by atoms with Gasteiger partial charge < -0.3 is 24.4 Å². The van der Waals surface area contributed by atoms with E-state index in [1.54, 1.807) is 40.6 Å². The lowest BCUT2D eigenvalue weighted by molar-refractivity contribution is -0.129. The van der Waals surface area contributed by atoms with E-state index in [1.165, 1.54) is 11.3 Å². The van der Waals surface area contributed by atoms with Gasteiger partial charge in [0.25, 0.3) is 5.91 Å². The van der Waals surface area contributed by atoms with Crippen molar-refractivity contribution in [1.29, 1.82) is 0 Å². The number of amides is 1. The monoisotopic (exact) mass is 484 g/mol. The van der Waals surface area contributed by atoms with Crippen molar-refractivity contribution in [2.45, 2.75) is 26.8 Å². The standard InChI is InChI=1S/C26H32N2O5S/c1-5-15-33-19-12-11-18(17-20(19)32-8-4)23-22(24(29)21-10-9-16-34-21)25(30)26(31)28(23)14-13-27(6-2)7-3/h5,9-12,16-17,23,30H,1,6-8,13-15H2,2-4H3. The summed E-state index contributed by atoms with van der Waals surface area (Å²) in [6.45, 7) is 13.1. The quantitative estimate of drug-likeness (QED) is 0.330. The van der Waals surface area contributed by atoms with Crippen LogP contribution in [0.2, 0.25) is 0 Å². The molecule has 8 heteroatoms. The number of ether oxygens (including phenoxy) is 2. The summed E-state index contributed by atoms with van der Waals surface area (Å²) >= 11 is 1.28. The maximum absolute atomic E-state index is 13.4. The highest BCUT2D eigenvalue weighted by Gasteiger charge is 2.44. The normalized spacial score (nSPS) is 15.8. The summed E-state index contributed by atoms with van der Waals surface area (Å²) in [7, 11) is 0. The lowest BCUT2D eigenvalue weighted by Gasteiger charge is -2.29. The number of hydrogen-bond donors (Lipinski definition) is 1. The van der Waals surface area contributed by atoms with Crippen LogP contribution >= 0.6 is 11.3 Å². The summed E-state index contributed by atoms with van der Waals surface area (Å²) in [5.41, 5.74) is 0.764. The van der Waals surface area contributed by atoms with Gasteiger partial charge in [0.15, 0.2) is 17.3 Å². The van der Waals surface area contributed by atoms with Crippen LogP contribution in [0, 0.1) is 0 Å². The van der Waals surface area contributed by atoms with E-state index in [0.717, 1.165) is 13.1 Å². The molecule has 0 radical (unpaired) electrons.